The molecule has 0 saturated carbocycles. The van der Waals surface area contributed by atoms with Gasteiger partial charge in [0.1, 0.15) is 5.69 Å². The van der Waals surface area contributed by atoms with Crippen LogP contribution in [0.15, 0.2) is 18.2 Å². The summed E-state index contributed by atoms with van der Waals surface area (Å²) in [7, 11) is 0. The van der Waals surface area contributed by atoms with Crippen LogP contribution < -0.4 is 5.01 Å². The van der Waals surface area contributed by atoms with E-state index in [1.54, 1.807) is 0 Å². The highest BCUT2D eigenvalue weighted by Gasteiger charge is 2.32. The fourth-order valence-corrected chi connectivity index (χ4v) is 1.36. The van der Waals surface area contributed by atoms with Crippen LogP contribution in [0, 0.1) is 30.3 Å². The van der Waals surface area contributed by atoms with Crippen molar-refractivity contribution in [3.8, 4) is 0 Å². The van der Waals surface area contributed by atoms with Crippen molar-refractivity contribution in [3.05, 3.63) is 48.5 Å². The molecular weight excluding hydrogens is 292 g/mol. The predicted octanol–water partition coefficient (Wildman–Crippen LogP) is 1.66. The zero-order valence-corrected chi connectivity index (χ0v) is 10.5. The predicted molar refractivity (Wildman–Crippen MR) is 66.2 cm³/mol. The van der Waals surface area contributed by atoms with Crippen molar-refractivity contribution >= 4 is 23.2 Å². The molecule has 0 atom stereocenters. The van der Waals surface area contributed by atoms with Gasteiger partial charge < -0.3 is 4.74 Å². The summed E-state index contributed by atoms with van der Waals surface area (Å²) < 4.78 is 4.43. The van der Waals surface area contributed by atoms with Gasteiger partial charge in [0.25, 0.3) is 11.4 Å². The van der Waals surface area contributed by atoms with Gasteiger partial charge in [-0.3, -0.25) is 20.2 Å². The Kier molecular flexibility index (Phi) is 4.67. The quantitative estimate of drug-likeness (QED) is 0.586. The first-order valence-electron chi connectivity index (χ1n) is 5.33. The fourth-order valence-electron chi connectivity index (χ4n) is 1.36. The van der Waals surface area contributed by atoms with Crippen LogP contribution in [0.25, 0.3) is 0 Å². The van der Waals surface area contributed by atoms with E-state index in [4.69, 9.17) is 0 Å². The molecule has 112 valence electrons. The monoisotopic (exact) mass is 300 g/mol. The minimum absolute atomic E-state index is 0.149. The van der Waals surface area contributed by atoms with Crippen molar-refractivity contribution in [1.82, 2.24) is 0 Å². The van der Waals surface area contributed by atoms with E-state index in [2.05, 4.69) is 4.74 Å². The number of non-ortho nitro benzene ring substituents is 2. The number of benzene rings is 1. The van der Waals surface area contributed by atoms with Gasteiger partial charge in [0.15, 0.2) is 5.03 Å². The molecule has 12 heteroatoms. The second-order valence-electron chi connectivity index (χ2n) is 3.47. The third kappa shape index (κ3) is 3.59. The smallest absolute Gasteiger partial charge is 0.446 e. The van der Waals surface area contributed by atoms with Gasteiger partial charge in [-0.05, 0) is 6.92 Å². The van der Waals surface area contributed by atoms with Crippen molar-refractivity contribution < 1.29 is 24.4 Å². The van der Waals surface area contributed by atoms with Gasteiger partial charge in [-0.2, -0.15) is 0 Å². The lowest BCUT2D eigenvalue weighted by Crippen LogP contribution is -2.36. The van der Waals surface area contributed by atoms with Crippen molar-refractivity contribution in [2.75, 3.05) is 11.6 Å². The molecule has 0 N–H and O–H groups in total. The molecule has 1 amide bonds. The maximum absolute atomic E-state index is 11.5. The van der Waals surface area contributed by atoms with E-state index in [0.717, 1.165) is 0 Å². The molecule has 0 fully saturated rings. The summed E-state index contributed by atoms with van der Waals surface area (Å²) in [5.74, 6) is 0. The topological polar surface area (TPSA) is 159 Å². The highest BCUT2D eigenvalue weighted by molar-refractivity contribution is 5.86. The number of nitro benzene ring substituents is 2. The summed E-state index contributed by atoms with van der Waals surface area (Å²) in [5, 5.41) is 30.9. The second-order valence-corrected chi connectivity index (χ2v) is 3.47. The molecule has 1 aromatic rings. The molecule has 0 bridgehead atoms. The van der Waals surface area contributed by atoms with Crippen molar-refractivity contribution in [2.24, 2.45) is 0 Å². The molecule has 0 spiro atoms. The van der Waals surface area contributed by atoms with E-state index in [9.17, 15) is 35.1 Å². The average Bonchev–Trinajstić information content (AvgIpc) is 2.38. The third-order valence-electron chi connectivity index (χ3n) is 2.16. The summed E-state index contributed by atoms with van der Waals surface area (Å²) in [4.78, 5) is 41.8. The van der Waals surface area contributed by atoms with E-state index in [-0.39, 0.29) is 11.6 Å². The number of nitro groups is 3. The Morgan fingerprint density at radius 2 is 1.57 bits per heavy atom. The summed E-state index contributed by atoms with van der Waals surface area (Å²) in [6.07, 6.45) is -1.42. The lowest BCUT2D eigenvalue weighted by molar-refractivity contribution is -0.484. The molecule has 0 aliphatic carbocycles. The Bertz CT molecular complexity index is 584. The second kappa shape index (κ2) is 6.23. The lowest BCUT2D eigenvalue weighted by Gasteiger charge is -2.11. The number of hydrogen-bond acceptors (Lipinski definition) is 8. The molecule has 1 rings (SSSR count). The van der Waals surface area contributed by atoms with Crippen LogP contribution in [0.1, 0.15) is 6.92 Å². The number of hydrazine groups is 1. The number of carbonyl (C=O) groups is 1. The Morgan fingerprint density at radius 3 is 1.90 bits per heavy atom. The van der Waals surface area contributed by atoms with E-state index < -0.39 is 38.0 Å². The molecule has 21 heavy (non-hydrogen) atoms. The SMILES string of the molecule is CCOC(=O)N(c1cc([N+](=O)[O-])cc([N+](=O)[O-])c1)[N+](=O)[O-]. The summed E-state index contributed by atoms with van der Waals surface area (Å²) in [6.45, 7) is 1.21. The van der Waals surface area contributed by atoms with E-state index in [1.165, 1.54) is 6.92 Å². The van der Waals surface area contributed by atoms with Gasteiger partial charge >= 0.3 is 6.09 Å². The van der Waals surface area contributed by atoms with Gasteiger partial charge in [0.05, 0.1) is 22.5 Å². The lowest BCUT2D eigenvalue weighted by atomic mass is 10.2. The van der Waals surface area contributed by atoms with Crippen LogP contribution in [-0.4, -0.2) is 27.6 Å². The van der Waals surface area contributed by atoms with Crippen molar-refractivity contribution in [1.29, 1.82) is 0 Å². The standard InChI is InChI=1S/C9H8N4O8/c1-2-21-9(14)10(13(19)20)6-3-7(11(15)16)5-8(4-6)12(17)18/h3-5H,2H2,1H3. The molecule has 1 aromatic carbocycles. The normalized spacial score (nSPS) is 9.76. The van der Waals surface area contributed by atoms with Gasteiger partial charge in [-0.15, -0.1) is 0 Å². The Balaban J connectivity index is 3.43. The molecule has 0 aliphatic rings. The zero-order chi connectivity index (χ0) is 16.2. The number of anilines is 1. The summed E-state index contributed by atoms with van der Waals surface area (Å²) in [5.41, 5.74) is -2.19. The molecule has 12 nitrogen and oxygen atoms in total. The van der Waals surface area contributed by atoms with E-state index in [1.807, 2.05) is 0 Å². The number of ether oxygens (including phenoxy) is 1. The molecule has 0 saturated heterocycles. The fraction of sp³-hybridized carbons (Fsp3) is 0.222. The Morgan fingerprint density at radius 1 is 1.10 bits per heavy atom. The first kappa shape index (κ1) is 15.7. The van der Waals surface area contributed by atoms with Crippen LogP contribution in [0.4, 0.5) is 21.9 Å². The largest absolute Gasteiger partial charge is 0.473 e. The molecular formula is C9H8N4O8. The molecule has 0 aromatic heterocycles. The summed E-state index contributed by atoms with van der Waals surface area (Å²) >= 11 is 0. The minimum atomic E-state index is -1.42. The Hall–Kier alpha value is -3.31. The molecule has 0 heterocycles. The molecule has 0 radical (unpaired) electrons. The van der Waals surface area contributed by atoms with Crippen LogP contribution in [0.3, 0.4) is 0 Å². The Labute approximate surface area is 115 Å². The van der Waals surface area contributed by atoms with Crippen molar-refractivity contribution in [2.45, 2.75) is 6.92 Å². The minimum Gasteiger partial charge on any atom is -0.446 e. The highest BCUT2D eigenvalue weighted by Crippen LogP contribution is 2.28. The van der Waals surface area contributed by atoms with Crippen LogP contribution in [-0.2, 0) is 4.74 Å². The number of rotatable bonds is 5. The first-order chi connectivity index (χ1) is 9.77. The zero-order valence-electron chi connectivity index (χ0n) is 10.5. The van der Waals surface area contributed by atoms with Crippen LogP contribution in [0.2, 0.25) is 0 Å². The van der Waals surface area contributed by atoms with Gasteiger partial charge in [0.2, 0.25) is 0 Å². The maximum Gasteiger partial charge on any atom is 0.473 e. The number of hydrogen-bond donors (Lipinski definition) is 0. The highest BCUT2D eigenvalue weighted by atomic mass is 16.7. The third-order valence-corrected chi connectivity index (χ3v) is 2.16. The van der Waals surface area contributed by atoms with E-state index >= 15 is 0 Å². The molecule has 0 aliphatic heterocycles. The number of carbonyl (C=O) groups excluding carboxylic acids is 1. The van der Waals surface area contributed by atoms with Gasteiger partial charge in [0, 0.05) is 17.1 Å². The van der Waals surface area contributed by atoms with E-state index in [0.29, 0.717) is 18.2 Å². The molecule has 0 unspecified atom stereocenters. The van der Waals surface area contributed by atoms with Crippen LogP contribution >= 0.6 is 0 Å². The first-order valence-corrected chi connectivity index (χ1v) is 5.33. The number of nitrogens with zero attached hydrogens (tertiary/aromatic N) is 4. The summed E-state index contributed by atoms with van der Waals surface area (Å²) in [6, 6.07) is 1.94. The van der Waals surface area contributed by atoms with Gasteiger partial charge in [-0.25, -0.2) is 14.9 Å². The maximum atomic E-state index is 11.5. The van der Waals surface area contributed by atoms with Gasteiger partial charge in [-0.1, -0.05) is 0 Å². The average molecular weight is 300 g/mol. The van der Waals surface area contributed by atoms with Crippen LogP contribution in [0.5, 0.6) is 0 Å². The van der Waals surface area contributed by atoms with Crippen molar-refractivity contribution in [3.63, 3.8) is 0 Å². The number of amides is 1.